The Hall–Kier alpha value is -2.72. The van der Waals surface area contributed by atoms with Crippen LogP contribution in [0.25, 0.3) is 0 Å². The first-order valence-electron chi connectivity index (χ1n) is 6.14. The van der Waals surface area contributed by atoms with Gasteiger partial charge in [0.2, 0.25) is 5.95 Å². The van der Waals surface area contributed by atoms with Crippen LogP contribution in [0.5, 0.6) is 0 Å². The lowest BCUT2D eigenvalue weighted by atomic mass is 10.2. The van der Waals surface area contributed by atoms with Crippen molar-refractivity contribution in [3.63, 3.8) is 0 Å². The van der Waals surface area contributed by atoms with Crippen molar-refractivity contribution >= 4 is 11.8 Å². The lowest BCUT2D eigenvalue weighted by Gasteiger charge is -2.22. The second-order valence-corrected chi connectivity index (χ2v) is 4.07. The Morgan fingerprint density at radius 1 is 1.35 bits per heavy atom. The lowest BCUT2D eigenvalue weighted by molar-refractivity contribution is 0.778. The normalized spacial score (nSPS) is 9.80. The zero-order valence-electron chi connectivity index (χ0n) is 10.9. The van der Waals surface area contributed by atoms with Gasteiger partial charge in [0.25, 0.3) is 0 Å². The Balaban J connectivity index is 2.20. The van der Waals surface area contributed by atoms with E-state index in [1.54, 1.807) is 24.7 Å². The molecule has 2 aromatic heterocycles. The van der Waals surface area contributed by atoms with Crippen LogP contribution in [0, 0.1) is 11.3 Å². The number of nitrogen functional groups attached to an aromatic ring is 1. The molecule has 0 unspecified atom stereocenters. The Kier molecular flexibility index (Phi) is 4.81. The van der Waals surface area contributed by atoms with Crippen LogP contribution in [0.15, 0.2) is 36.8 Å². The second kappa shape index (κ2) is 7.01. The fraction of sp³-hybridized carbons (Fsp3) is 0.231. The van der Waals surface area contributed by atoms with Crippen LogP contribution >= 0.6 is 0 Å². The highest BCUT2D eigenvalue weighted by atomic mass is 15.3. The van der Waals surface area contributed by atoms with Crippen LogP contribution in [0.2, 0.25) is 0 Å². The van der Waals surface area contributed by atoms with Gasteiger partial charge in [-0.1, -0.05) is 6.07 Å². The number of nitrogens with two attached hydrogens (primary N) is 1. The number of aromatic nitrogens is 3. The van der Waals surface area contributed by atoms with E-state index in [1.165, 1.54) is 0 Å². The second-order valence-electron chi connectivity index (χ2n) is 4.07. The molecule has 0 radical (unpaired) electrons. The monoisotopic (exact) mass is 269 g/mol. The van der Waals surface area contributed by atoms with Crippen LogP contribution < -0.4 is 16.2 Å². The number of pyridine rings is 1. The third kappa shape index (κ3) is 3.63. The molecular weight excluding hydrogens is 254 g/mol. The zero-order chi connectivity index (χ0) is 14.2. The molecule has 0 aliphatic rings. The van der Waals surface area contributed by atoms with Crippen LogP contribution in [0.1, 0.15) is 12.0 Å². The molecule has 7 nitrogen and oxygen atoms in total. The number of nitrogens with one attached hydrogen (secondary N) is 1. The summed E-state index contributed by atoms with van der Waals surface area (Å²) in [6.07, 6.45) is 5.56. The van der Waals surface area contributed by atoms with Crippen molar-refractivity contribution in [1.82, 2.24) is 15.0 Å². The molecule has 0 fully saturated rings. The topological polar surface area (TPSA) is 104 Å². The van der Waals surface area contributed by atoms with Crippen molar-refractivity contribution in [2.24, 2.45) is 5.84 Å². The van der Waals surface area contributed by atoms with Crippen molar-refractivity contribution < 1.29 is 0 Å². The summed E-state index contributed by atoms with van der Waals surface area (Å²) in [7, 11) is 0. The molecule has 7 heteroatoms. The maximum Gasteiger partial charge on any atom is 0.239 e. The van der Waals surface area contributed by atoms with E-state index in [1.807, 2.05) is 17.0 Å². The molecule has 0 aliphatic carbocycles. The van der Waals surface area contributed by atoms with Crippen LogP contribution in [0.3, 0.4) is 0 Å². The molecule has 3 N–H and O–H groups in total. The van der Waals surface area contributed by atoms with Crippen LogP contribution in [-0.2, 0) is 6.54 Å². The number of hydrazine groups is 1. The molecule has 0 saturated heterocycles. The summed E-state index contributed by atoms with van der Waals surface area (Å²) in [6, 6.07) is 7.79. The predicted molar refractivity (Wildman–Crippen MR) is 75.4 cm³/mol. The molecule has 0 aromatic carbocycles. The van der Waals surface area contributed by atoms with Crippen molar-refractivity contribution in [2.75, 3.05) is 16.9 Å². The van der Waals surface area contributed by atoms with Gasteiger partial charge in [-0.2, -0.15) is 10.2 Å². The summed E-state index contributed by atoms with van der Waals surface area (Å²) >= 11 is 0. The Bertz CT molecular complexity index is 579. The van der Waals surface area contributed by atoms with Gasteiger partial charge in [0.1, 0.15) is 5.82 Å². The summed E-state index contributed by atoms with van der Waals surface area (Å²) in [5.74, 6) is 6.37. The van der Waals surface area contributed by atoms with E-state index in [0.29, 0.717) is 31.3 Å². The number of hydrogen-bond donors (Lipinski definition) is 2. The molecule has 0 spiro atoms. The molecule has 20 heavy (non-hydrogen) atoms. The van der Waals surface area contributed by atoms with E-state index < -0.39 is 0 Å². The predicted octanol–water partition coefficient (Wildman–Crippen LogP) is 1.08. The average molecular weight is 269 g/mol. The molecule has 0 bridgehead atoms. The van der Waals surface area contributed by atoms with Crippen molar-refractivity contribution in [3.05, 3.63) is 42.4 Å². The zero-order valence-corrected chi connectivity index (χ0v) is 10.9. The third-order valence-electron chi connectivity index (χ3n) is 2.68. The number of rotatable bonds is 6. The van der Waals surface area contributed by atoms with E-state index >= 15 is 0 Å². The molecule has 2 heterocycles. The molecule has 0 aliphatic heterocycles. The summed E-state index contributed by atoms with van der Waals surface area (Å²) in [4.78, 5) is 14.3. The standard InChI is InChI=1S/C13H15N7/c14-5-2-8-20(10-11-3-1-6-16-9-11)12-4-7-17-13(18-12)19-15/h1,3-4,6-7,9H,2,8,10,15H2,(H,17,18,19). The largest absolute Gasteiger partial charge is 0.351 e. The van der Waals surface area contributed by atoms with E-state index in [9.17, 15) is 0 Å². The summed E-state index contributed by atoms with van der Waals surface area (Å²) in [6.45, 7) is 1.20. The minimum Gasteiger partial charge on any atom is -0.351 e. The third-order valence-corrected chi connectivity index (χ3v) is 2.68. The minimum atomic E-state index is 0.343. The molecule has 102 valence electrons. The van der Waals surface area contributed by atoms with E-state index in [2.05, 4.69) is 26.4 Å². The highest BCUT2D eigenvalue weighted by molar-refractivity contribution is 5.42. The fourth-order valence-electron chi connectivity index (χ4n) is 1.77. The highest BCUT2D eigenvalue weighted by Gasteiger charge is 2.09. The fourth-order valence-corrected chi connectivity index (χ4v) is 1.77. The summed E-state index contributed by atoms with van der Waals surface area (Å²) in [5, 5.41) is 8.77. The van der Waals surface area contributed by atoms with Gasteiger partial charge in [-0.05, 0) is 17.7 Å². The molecule has 0 atom stereocenters. The average Bonchev–Trinajstić information content (AvgIpc) is 2.52. The summed E-state index contributed by atoms with van der Waals surface area (Å²) in [5.41, 5.74) is 3.46. The van der Waals surface area contributed by atoms with Gasteiger partial charge in [-0.3, -0.25) is 10.4 Å². The van der Waals surface area contributed by atoms with Gasteiger partial charge < -0.3 is 4.90 Å². The first-order chi connectivity index (χ1) is 9.83. The van der Waals surface area contributed by atoms with Crippen molar-refractivity contribution in [2.45, 2.75) is 13.0 Å². The van der Waals surface area contributed by atoms with Gasteiger partial charge in [0, 0.05) is 31.7 Å². The van der Waals surface area contributed by atoms with Crippen molar-refractivity contribution in [3.8, 4) is 6.07 Å². The molecular formula is C13H15N7. The molecule has 2 aromatic rings. The van der Waals surface area contributed by atoms with E-state index in [0.717, 1.165) is 5.56 Å². The minimum absolute atomic E-state index is 0.343. The number of nitriles is 1. The Morgan fingerprint density at radius 3 is 2.95 bits per heavy atom. The SMILES string of the molecule is N#CCCN(Cc1cccnc1)c1ccnc(NN)n1. The molecule has 0 saturated carbocycles. The molecule has 2 rings (SSSR count). The first-order valence-corrected chi connectivity index (χ1v) is 6.14. The van der Waals surface area contributed by atoms with Crippen LogP contribution in [-0.4, -0.2) is 21.5 Å². The van der Waals surface area contributed by atoms with Gasteiger partial charge in [-0.25, -0.2) is 10.8 Å². The number of nitrogens with zero attached hydrogens (tertiary/aromatic N) is 5. The first kappa shape index (κ1) is 13.7. The smallest absolute Gasteiger partial charge is 0.239 e. The maximum absolute atomic E-state index is 8.77. The quantitative estimate of drug-likeness (QED) is 0.597. The Labute approximate surface area is 117 Å². The number of anilines is 2. The van der Waals surface area contributed by atoms with Gasteiger partial charge in [0.05, 0.1) is 12.5 Å². The summed E-state index contributed by atoms with van der Waals surface area (Å²) < 4.78 is 0. The van der Waals surface area contributed by atoms with Crippen molar-refractivity contribution in [1.29, 1.82) is 5.26 Å². The Morgan fingerprint density at radius 2 is 2.25 bits per heavy atom. The maximum atomic E-state index is 8.77. The lowest BCUT2D eigenvalue weighted by Crippen LogP contribution is -2.25. The van der Waals surface area contributed by atoms with Gasteiger partial charge in [0.15, 0.2) is 0 Å². The van der Waals surface area contributed by atoms with Gasteiger partial charge in [-0.15, -0.1) is 0 Å². The molecule has 0 amide bonds. The van der Waals surface area contributed by atoms with E-state index in [4.69, 9.17) is 11.1 Å². The number of hydrogen-bond acceptors (Lipinski definition) is 7. The van der Waals surface area contributed by atoms with E-state index in [-0.39, 0.29) is 0 Å². The van der Waals surface area contributed by atoms with Crippen LogP contribution in [0.4, 0.5) is 11.8 Å². The van der Waals surface area contributed by atoms with Gasteiger partial charge >= 0.3 is 0 Å². The highest BCUT2D eigenvalue weighted by Crippen LogP contribution is 2.15.